The Balaban J connectivity index is 2.33. The lowest BCUT2D eigenvalue weighted by Crippen LogP contribution is -2.39. The second-order valence-electron chi connectivity index (χ2n) is 5.24. The summed E-state index contributed by atoms with van der Waals surface area (Å²) in [5, 5.41) is 0.847. The average molecular weight is 267 g/mol. The van der Waals surface area contributed by atoms with Gasteiger partial charge in [0.2, 0.25) is 0 Å². The molecular weight excluding hydrogens is 244 g/mol. The van der Waals surface area contributed by atoms with Gasteiger partial charge in [0, 0.05) is 17.1 Å². The molecule has 0 radical (unpaired) electrons. The summed E-state index contributed by atoms with van der Waals surface area (Å²) >= 11 is 6.25. The first-order chi connectivity index (χ1) is 8.63. The predicted octanol–water partition coefficient (Wildman–Crippen LogP) is 3.52. The van der Waals surface area contributed by atoms with Crippen molar-refractivity contribution in [2.75, 3.05) is 13.1 Å². The quantitative estimate of drug-likeness (QED) is 0.887. The van der Waals surface area contributed by atoms with Crippen LogP contribution in [-0.4, -0.2) is 24.0 Å². The van der Waals surface area contributed by atoms with Gasteiger partial charge in [-0.1, -0.05) is 37.1 Å². The number of nitrogens with two attached hydrogens (primary N) is 1. The van der Waals surface area contributed by atoms with E-state index in [0.717, 1.165) is 30.1 Å². The number of hydrogen-bond donors (Lipinski definition) is 1. The normalized spacial score (nSPS) is 26.0. The average Bonchev–Trinajstić information content (AvgIpc) is 2.54. The first kappa shape index (κ1) is 13.9. The van der Waals surface area contributed by atoms with Crippen molar-refractivity contribution < 1.29 is 0 Å². The molecule has 2 atom stereocenters. The number of nitrogens with zero attached hydrogens (tertiary/aromatic N) is 1. The molecule has 2 nitrogen and oxygen atoms in total. The van der Waals surface area contributed by atoms with Crippen LogP contribution in [0.1, 0.15) is 43.4 Å². The summed E-state index contributed by atoms with van der Waals surface area (Å²) < 4.78 is 0. The van der Waals surface area contributed by atoms with Crippen molar-refractivity contribution in [1.29, 1.82) is 0 Å². The van der Waals surface area contributed by atoms with Crippen LogP contribution in [0.4, 0.5) is 0 Å². The summed E-state index contributed by atoms with van der Waals surface area (Å²) in [6.45, 7) is 6.43. The molecule has 1 saturated heterocycles. The zero-order valence-electron chi connectivity index (χ0n) is 11.3. The first-order valence-electron chi connectivity index (χ1n) is 6.89. The molecule has 1 aromatic carbocycles. The summed E-state index contributed by atoms with van der Waals surface area (Å²) in [5.41, 5.74) is 8.78. The van der Waals surface area contributed by atoms with E-state index in [1.54, 1.807) is 0 Å². The van der Waals surface area contributed by atoms with Gasteiger partial charge in [-0.3, -0.25) is 4.90 Å². The molecule has 0 bridgehead atoms. The van der Waals surface area contributed by atoms with Crippen LogP contribution in [0, 0.1) is 6.92 Å². The van der Waals surface area contributed by atoms with E-state index < -0.39 is 0 Å². The number of halogens is 1. The standard InChI is InChI=1S/C15H23ClN2/c1-3-18-9-5-4-6-14(17)15(18)12-8-7-11(2)13(16)10-12/h7-8,10,14-15H,3-6,9,17H2,1-2H3. The van der Waals surface area contributed by atoms with Crippen LogP contribution < -0.4 is 5.73 Å². The molecule has 0 amide bonds. The topological polar surface area (TPSA) is 29.3 Å². The second-order valence-corrected chi connectivity index (χ2v) is 5.65. The third kappa shape index (κ3) is 2.87. The highest BCUT2D eigenvalue weighted by Gasteiger charge is 2.27. The highest BCUT2D eigenvalue weighted by molar-refractivity contribution is 6.31. The molecule has 0 aromatic heterocycles. The highest BCUT2D eigenvalue weighted by Crippen LogP contribution is 2.31. The lowest BCUT2D eigenvalue weighted by Gasteiger charge is -2.33. The van der Waals surface area contributed by atoms with Crippen molar-refractivity contribution >= 4 is 11.6 Å². The lowest BCUT2D eigenvalue weighted by molar-refractivity contribution is 0.195. The second kappa shape index (κ2) is 6.05. The van der Waals surface area contributed by atoms with Crippen LogP contribution in [0.25, 0.3) is 0 Å². The predicted molar refractivity (Wildman–Crippen MR) is 78.0 cm³/mol. The van der Waals surface area contributed by atoms with Crippen molar-refractivity contribution in [3.63, 3.8) is 0 Å². The Kier molecular flexibility index (Phi) is 4.66. The molecule has 1 fully saturated rings. The van der Waals surface area contributed by atoms with E-state index in [-0.39, 0.29) is 6.04 Å². The van der Waals surface area contributed by atoms with Gasteiger partial charge < -0.3 is 5.73 Å². The third-order valence-corrected chi connectivity index (χ3v) is 4.38. The maximum atomic E-state index is 6.38. The molecule has 0 aliphatic carbocycles. The van der Waals surface area contributed by atoms with E-state index in [9.17, 15) is 0 Å². The summed E-state index contributed by atoms with van der Waals surface area (Å²) in [6.07, 6.45) is 3.58. The Labute approximate surface area is 115 Å². The summed E-state index contributed by atoms with van der Waals surface area (Å²) in [6, 6.07) is 6.90. The van der Waals surface area contributed by atoms with Crippen molar-refractivity contribution in [3.8, 4) is 0 Å². The van der Waals surface area contributed by atoms with E-state index in [1.807, 2.05) is 6.92 Å². The SMILES string of the molecule is CCN1CCCCC(N)C1c1ccc(C)c(Cl)c1. The molecule has 0 spiro atoms. The maximum absolute atomic E-state index is 6.38. The minimum atomic E-state index is 0.214. The summed E-state index contributed by atoms with van der Waals surface area (Å²) in [4.78, 5) is 2.48. The molecule has 1 aliphatic heterocycles. The van der Waals surface area contributed by atoms with Crippen molar-refractivity contribution in [2.24, 2.45) is 5.73 Å². The Morgan fingerprint density at radius 1 is 1.39 bits per heavy atom. The third-order valence-electron chi connectivity index (χ3n) is 3.98. The van der Waals surface area contributed by atoms with Crippen LogP contribution in [0.2, 0.25) is 5.02 Å². The molecule has 2 unspecified atom stereocenters. The number of likely N-dealkylation sites (tertiary alicyclic amines) is 1. The van der Waals surface area contributed by atoms with E-state index in [1.165, 1.54) is 18.4 Å². The number of hydrogen-bond acceptors (Lipinski definition) is 2. The van der Waals surface area contributed by atoms with Gasteiger partial charge in [0.15, 0.2) is 0 Å². The van der Waals surface area contributed by atoms with Crippen molar-refractivity contribution in [3.05, 3.63) is 34.3 Å². The van der Waals surface area contributed by atoms with Gasteiger partial charge in [-0.2, -0.15) is 0 Å². The van der Waals surface area contributed by atoms with E-state index in [4.69, 9.17) is 17.3 Å². The largest absolute Gasteiger partial charge is 0.326 e. The number of rotatable bonds is 2. The van der Waals surface area contributed by atoms with Gasteiger partial charge in [-0.25, -0.2) is 0 Å². The van der Waals surface area contributed by atoms with Crippen molar-refractivity contribution in [2.45, 2.75) is 45.2 Å². The number of benzene rings is 1. The van der Waals surface area contributed by atoms with Crippen LogP contribution in [-0.2, 0) is 0 Å². The molecule has 3 heteroatoms. The molecule has 1 heterocycles. The maximum Gasteiger partial charge on any atom is 0.0499 e. The Morgan fingerprint density at radius 2 is 2.17 bits per heavy atom. The molecule has 18 heavy (non-hydrogen) atoms. The molecular formula is C15H23ClN2. The van der Waals surface area contributed by atoms with Crippen LogP contribution in [0.15, 0.2) is 18.2 Å². The molecule has 1 aromatic rings. The highest BCUT2D eigenvalue weighted by atomic mass is 35.5. The van der Waals surface area contributed by atoms with Gasteiger partial charge in [-0.15, -0.1) is 0 Å². The number of aryl methyl sites for hydroxylation is 1. The molecule has 2 N–H and O–H groups in total. The molecule has 0 saturated carbocycles. The smallest absolute Gasteiger partial charge is 0.0499 e. The van der Waals surface area contributed by atoms with E-state index >= 15 is 0 Å². The van der Waals surface area contributed by atoms with Crippen LogP contribution >= 0.6 is 11.6 Å². The Bertz CT molecular complexity index is 405. The Hall–Kier alpha value is -0.570. The zero-order chi connectivity index (χ0) is 13.1. The number of likely N-dealkylation sites (N-methyl/N-ethyl adjacent to an activating group) is 1. The van der Waals surface area contributed by atoms with Crippen LogP contribution in [0.5, 0.6) is 0 Å². The van der Waals surface area contributed by atoms with E-state index in [0.29, 0.717) is 6.04 Å². The van der Waals surface area contributed by atoms with Gasteiger partial charge in [0.1, 0.15) is 0 Å². The van der Waals surface area contributed by atoms with Gasteiger partial charge in [-0.05, 0) is 50.0 Å². The monoisotopic (exact) mass is 266 g/mol. The fourth-order valence-corrected chi connectivity index (χ4v) is 3.06. The molecule has 2 rings (SSSR count). The van der Waals surface area contributed by atoms with Gasteiger partial charge in [0.05, 0.1) is 0 Å². The molecule has 1 aliphatic rings. The zero-order valence-corrected chi connectivity index (χ0v) is 12.1. The fraction of sp³-hybridized carbons (Fsp3) is 0.600. The first-order valence-corrected chi connectivity index (χ1v) is 7.27. The lowest BCUT2D eigenvalue weighted by atomic mass is 9.95. The van der Waals surface area contributed by atoms with Crippen LogP contribution in [0.3, 0.4) is 0 Å². The minimum Gasteiger partial charge on any atom is -0.326 e. The summed E-state index contributed by atoms with van der Waals surface area (Å²) in [5.74, 6) is 0. The van der Waals surface area contributed by atoms with E-state index in [2.05, 4.69) is 30.0 Å². The summed E-state index contributed by atoms with van der Waals surface area (Å²) in [7, 11) is 0. The van der Waals surface area contributed by atoms with Gasteiger partial charge >= 0.3 is 0 Å². The minimum absolute atomic E-state index is 0.214. The molecule has 100 valence electrons. The van der Waals surface area contributed by atoms with Gasteiger partial charge in [0.25, 0.3) is 0 Å². The Morgan fingerprint density at radius 3 is 2.83 bits per heavy atom. The van der Waals surface area contributed by atoms with Crippen molar-refractivity contribution in [1.82, 2.24) is 4.90 Å². The fourth-order valence-electron chi connectivity index (χ4n) is 2.87.